The van der Waals surface area contributed by atoms with Gasteiger partial charge in [0.05, 0.1) is 44.5 Å². The van der Waals surface area contributed by atoms with Crippen LogP contribution < -0.4 is 16.2 Å². The molecule has 19 nitrogen and oxygen atoms in total. The quantitative estimate of drug-likeness (QED) is 0.0877. The van der Waals surface area contributed by atoms with Crippen LogP contribution in [0.2, 0.25) is 0 Å². The number of ether oxygens (including phenoxy) is 4. The highest BCUT2D eigenvalue weighted by atomic mass is 79.9. The summed E-state index contributed by atoms with van der Waals surface area (Å²) >= 11 is 2.36. The van der Waals surface area contributed by atoms with Crippen LogP contribution in [-0.2, 0) is 72.1 Å². The maximum Gasteiger partial charge on any atom is 0.409 e. The van der Waals surface area contributed by atoms with Crippen LogP contribution in [0.5, 0.6) is 0 Å². The van der Waals surface area contributed by atoms with E-state index < -0.39 is 23.1 Å². The molecule has 3 N–H and O–H groups in total. The molecule has 0 saturated carbocycles. The number of fused-ring (bicyclic) bond motifs is 12. The number of methoxy groups -OCH3 is 4. The van der Waals surface area contributed by atoms with Gasteiger partial charge in [0.1, 0.15) is 0 Å². The Bertz CT molecular complexity index is 2820. The average Bonchev–Trinajstić information content (AvgIpc) is 4.33. The smallest absolute Gasteiger partial charge is 0.409 e. The molecule has 4 amide bonds. The van der Waals surface area contributed by atoms with Gasteiger partial charge >= 0.3 is 47.5 Å². The van der Waals surface area contributed by atoms with Crippen LogP contribution >= 0.6 is 15.9 Å². The number of hydrogen-bond donors (Lipinski definition) is 2. The summed E-state index contributed by atoms with van der Waals surface area (Å²) in [6.45, 7) is 3.18. The molecule has 8 atom stereocenters. The number of halogens is 1. The lowest BCUT2D eigenvalue weighted by atomic mass is 9.98. The van der Waals surface area contributed by atoms with E-state index in [4.69, 9.17) is 41.6 Å². The lowest BCUT2D eigenvalue weighted by Crippen LogP contribution is -2.40. The van der Waals surface area contributed by atoms with Gasteiger partial charge in [-0.1, -0.05) is 88.7 Å². The zero-order valence-corrected chi connectivity index (χ0v) is 46.7. The first-order valence-electron chi connectivity index (χ1n) is 25.2. The van der Waals surface area contributed by atoms with E-state index in [-0.39, 0.29) is 46.8 Å². The Balaban J connectivity index is 0.000000142. The summed E-state index contributed by atoms with van der Waals surface area (Å²) < 4.78 is 52.5. The van der Waals surface area contributed by atoms with Crippen LogP contribution in [0.3, 0.4) is 0 Å². The summed E-state index contributed by atoms with van der Waals surface area (Å²) in [5.74, 6) is 7.31. The fourth-order valence-corrected chi connectivity index (χ4v) is 14.1. The van der Waals surface area contributed by atoms with Gasteiger partial charge in [0.15, 0.2) is 0 Å². The molecule has 12 rings (SSSR count). The third-order valence-electron chi connectivity index (χ3n) is 16.3. The maximum atomic E-state index is 11.8. The van der Waals surface area contributed by atoms with Gasteiger partial charge in [-0.15, -0.1) is 0 Å². The zero-order valence-electron chi connectivity index (χ0n) is 43.5. The SMILES string of the molecule is CNc1cccc2c1C[C@H]1[C@@H]2CCN1C(=O)OC.COC(=O)N1CC[C@@H]2c3cccc(N(C)N)c3C[C@@H]21.COC(=O)N1CC[C@@H]2c3ccccc3C[C@@H]21.COC(=O)N1CC[C@]2(Br)c3ccccc3C[C@H]12.O=S=O.O=S=O. The maximum absolute atomic E-state index is 11.8. The molecule has 0 spiro atoms. The summed E-state index contributed by atoms with van der Waals surface area (Å²) in [5.41, 5.74) is 13.1. The Labute approximate surface area is 459 Å². The van der Waals surface area contributed by atoms with Crippen molar-refractivity contribution in [2.24, 2.45) is 5.84 Å². The number of hydrazine groups is 1. The number of hydrogen-bond acceptors (Lipinski definition) is 15. The first-order chi connectivity index (χ1) is 36.7. The van der Waals surface area contributed by atoms with E-state index in [9.17, 15) is 19.2 Å². The fraction of sp³-hybridized carbons (Fsp3) is 0.481. The van der Waals surface area contributed by atoms with Crippen LogP contribution in [0.25, 0.3) is 0 Å². The van der Waals surface area contributed by atoms with E-state index in [0.29, 0.717) is 23.8 Å². The predicted octanol–water partition coefficient (Wildman–Crippen LogP) is 7.19. The second kappa shape index (κ2) is 25.7. The van der Waals surface area contributed by atoms with Gasteiger partial charge in [0.25, 0.3) is 0 Å². The molecule has 0 aromatic heterocycles. The number of carbonyl (C=O) groups excluding carboxylic acids is 4. The highest BCUT2D eigenvalue weighted by molar-refractivity contribution is 9.09. The molecule has 8 aliphatic rings. The largest absolute Gasteiger partial charge is 0.453 e. The molecule has 4 aliphatic heterocycles. The van der Waals surface area contributed by atoms with Gasteiger partial charge in [-0.2, -0.15) is 16.8 Å². The van der Waals surface area contributed by atoms with Crippen molar-refractivity contribution in [3.63, 3.8) is 0 Å². The number of anilines is 2. The van der Waals surface area contributed by atoms with Crippen molar-refractivity contribution < 1.29 is 55.0 Å². The van der Waals surface area contributed by atoms with E-state index in [1.807, 2.05) is 45.8 Å². The lowest BCUT2D eigenvalue weighted by molar-refractivity contribution is 0.117. The summed E-state index contributed by atoms with van der Waals surface area (Å²) in [6.07, 6.45) is 6.95. The minimum atomic E-state index is -0.750. The van der Waals surface area contributed by atoms with Crippen LogP contribution in [0.15, 0.2) is 84.9 Å². The second-order valence-corrected chi connectivity index (χ2v) is 21.2. The highest BCUT2D eigenvalue weighted by Crippen LogP contribution is 2.53. The standard InChI is InChI=1S/C14H19N3O2.C14H18N2O2.C13H14BrNO2.C13H15NO2.2O2S/c1-16(15)12-5-3-4-9-10-6-7-17(14(18)19-2)13(10)8-11(9)12;1-15-12-5-3-4-9-10-6-7-16(14(17)18-2)13(10)8-11(9)12;1-17-12(16)15-7-6-13(14)10-5-3-2-4-9(10)8-11(13)15;1-16-13(15)14-7-6-11-10-5-3-2-4-9(10)8-12(11)14;2*1-3-2/h3-5,10,13H,6-8,15H2,1-2H3;3-5,10,13,15H,6-8H2,1-2H3;2-5,11H,6-8H2,1H3;2-5,11-12H,6-8H2,1H3;;/t2*10-,13+;11-,13-;11-,12+;;/m1101../s1. The molecule has 0 radical (unpaired) electrons. The molecule has 0 unspecified atom stereocenters. The van der Waals surface area contributed by atoms with Gasteiger partial charge < -0.3 is 48.9 Å². The predicted molar refractivity (Wildman–Crippen MR) is 289 cm³/mol. The molecule has 4 heterocycles. The Hall–Kier alpha value is -6.36. The molecule has 4 aromatic rings. The van der Waals surface area contributed by atoms with Crippen molar-refractivity contribution >= 4 is 74.8 Å². The number of amides is 4. The minimum Gasteiger partial charge on any atom is -0.453 e. The third kappa shape index (κ3) is 11.4. The molecule has 4 aliphatic carbocycles. The molecule has 0 bridgehead atoms. The van der Waals surface area contributed by atoms with Crippen LogP contribution in [-0.4, -0.2) is 154 Å². The van der Waals surface area contributed by atoms with Crippen molar-refractivity contribution in [1.29, 1.82) is 0 Å². The topological polar surface area (TPSA) is 228 Å². The summed E-state index contributed by atoms with van der Waals surface area (Å²) in [5, 5.41) is 4.90. The first kappa shape index (κ1) is 57.3. The molecular formula is C54H66BrN7O12S2. The minimum absolute atomic E-state index is 0.0716. The Morgan fingerprint density at radius 3 is 1.54 bits per heavy atom. The highest BCUT2D eigenvalue weighted by Gasteiger charge is 2.54. The zero-order chi connectivity index (χ0) is 54.8. The lowest BCUT2D eigenvalue weighted by Gasteiger charge is -2.27. The number of rotatable bonds is 2. The number of nitrogens with two attached hydrogens (primary N) is 1. The molecule has 4 aromatic carbocycles. The molecular weight excluding hydrogens is 1080 g/mol. The monoisotopic (exact) mass is 1150 g/mol. The van der Waals surface area contributed by atoms with Crippen molar-refractivity contribution in [3.05, 3.63) is 129 Å². The molecule has 76 heavy (non-hydrogen) atoms. The number of nitrogens with one attached hydrogen (secondary N) is 1. The van der Waals surface area contributed by atoms with Crippen LogP contribution in [0, 0.1) is 0 Å². The van der Waals surface area contributed by atoms with Crippen LogP contribution in [0.1, 0.15) is 87.9 Å². The number of carbonyl (C=O) groups is 4. The normalized spacial score (nSPS) is 24.4. The molecule has 22 heteroatoms. The van der Waals surface area contributed by atoms with Crippen molar-refractivity contribution in [1.82, 2.24) is 19.6 Å². The average molecular weight is 1150 g/mol. The molecule has 4 fully saturated rings. The Morgan fingerprint density at radius 2 is 1.01 bits per heavy atom. The van der Waals surface area contributed by atoms with Gasteiger partial charge in [0.2, 0.25) is 0 Å². The van der Waals surface area contributed by atoms with E-state index in [1.54, 1.807) is 5.01 Å². The van der Waals surface area contributed by atoms with E-state index in [0.717, 1.165) is 83.2 Å². The van der Waals surface area contributed by atoms with Crippen molar-refractivity contribution in [2.45, 2.75) is 97.6 Å². The van der Waals surface area contributed by atoms with Gasteiger partial charge in [-0.25, -0.2) is 25.0 Å². The molecule has 408 valence electrons. The van der Waals surface area contributed by atoms with Gasteiger partial charge in [-0.05, 0) is 108 Å². The van der Waals surface area contributed by atoms with E-state index >= 15 is 0 Å². The van der Waals surface area contributed by atoms with Crippen molar-refractivity contribution in [2.75, 3.05) is 79.0 Å². The first-order valence-corrected chi connectivity index (χ1v) is 27.3. The number of benzene rings is 4. The summed E-state index contributed by atoms with van der Waals surface area (Å²) in [7, 11) is 9.59. The number of likely N-dealkylation sites (tertiary alicyclic amines) is 4. The third-order valence-corrected chi connectivity index (χ3v) is 17.7. The Morgan fingerprint density at radius 1 is 0.579 bits per heavy atom. The summed E-state index contributed by atoms with van der Waals surface area (Å²) in [6, 6.07) is 30.6. The van der Waals surface area contributed by atoms with Gasteiger partial charge in [0, 0.05) is 81.8 Å². The summed E-state index contributed by atoms with van der Waals surface area (Å²) in [4.78, 5) is 54.3. The second-order valence-electron chi connectivity index (χ2n) is 19.6. The van der Waals surface area contributed by atoms with E-state index in [1.165, 1.54) is 78.6 Å². The molecule has 4 saturated heterocycles. The van der Waals surface area contributed by atoms with Gasteiger partial charge in [-0.3, -0.25) is 0 Å². The van der Waals surface area contributed by atoms with Crippen molar-refractivity contribution in [3.8, 4) is 0 Å². The Kier molecular flexibility index (Phi) is 19.4. The number of alkyl halides is 1. The van der Waals surface area contributed by atoms with E-state index in [2.05, 4.69) is 94.0 Å². The number of nitrogens with zero attached hydrogens (tertiary/aromatic N) is 5. The fourth-order valence-electron chi connectivity index (χ4n) is 13.2. The van der Waals surface area contributed by atoms with Crippen LogP contribution in [0.4, 0.5) is 30.6 Å².